The number of hydrogen-bond donors (Lipinski definition) is 1. The number of nitrogens with one attached hydrogen (secondary N) is 1. The number of likely N-dealkylation sites (N-methyl/N-ethyl adjacent to an activating group) is 1. The Kier molecular flexibility index (Phi) is 7.91. The minimum atomic E-state index is -0.237. The van der Waals surface area contributed by atoms with Crippen LogP contribution in [0, 0.1) is 6.92 Å². The highest BCUT2D eigenvalue weighted by Gasteiger charge is 2.18. The molecule has 1 fully saturated rings. The number of carbonyl (C=O) groups excluding carboxylic acids is 1. The fourth-order valence-electron chi connectivity index (χ4n) is 3.11. The zero-order valence-electron chi connectivity index (χ0n) is 17.3. The second-order valence-corrected chi connectivity index (χ2v) is 7.82. The minimum absolute atomic E-state index is 0.237. The minimum Gasteiger partial charge on any atom is -0.455 e. The van der Waals surface area contributed by atoms with E-state index in [9.17, 15) is 4.79 Å². The number of anilines is 1. The molecule has 3 heterocycles. The van der Waals surface area contributed by atoms with Gasteiger partial charge in [-0.2, -0.15) is 0 Å². The molecule has 1 aliphatic rings. The van der Waals surface area contributed by atoms with Gasteiger partial charge in [-0.1, -0.05) is 18.7 Å². The van der Waals surface area contributed by atoms with Crippen LogP contribution in [0.4, 0.5) is 5.82 Å². The van der Waals surface area contributed by atoms with E-state index in [-0.39, 0.29) is 5.91 Å². The topological polar surface area (TPSA) is 83.7 Å². The number of furan rings is 1. The Balaban J connectivity index is 1.57. The van der Waals surface area contributed by atoms with Gasteiger partial charge in [-0.25, -0.2) is 9.97 Å². The Morgan fingerprint density at radius 3 is 2.79 bits per heavy atom. The molecule has 8 nitrogen and oxygen atoms in total. The number of amides is 1. The molecule has 0 radical (unpaired) electrons. The number of aryl methyl sites for hydroxylation is 1. The van der Waals surface area contributed by atoms with Gasteiger partial charge in [0.2, 0.25) is 0 Å². The molecule has 1 saturated heterocycles. The summed E-state index contributed by atoms with van der Waals surface area (Å²) >= 11 is 1.51. The first-order valence-electron chi connectivity index (χ1n) is 9.90. The molecule has 0 atom stereocenters. The summed E-state index contributed by atoms with van der Waals surface area (Å²) in [6.45, 7) is 10.3. The first-order valence-corrected chi connectivity index (χ1v) is 10.9. The van der Waals surface area contributed by atoms with Crippen molar-refractivity contribution in [2.75, 3.05) is 57.9 Å². The van der Waals surface area contributed by atoms with Crippen molar-refractivity contribution >= 4 is 23.5 Å². The number of carbonyl (C=O) groups is 1. The van der Waals surface area contributed by atoms with E-state index < -0.39 is 0 Å². The van der Waals surface area contributed by atoms with E-state index in [2.05, 4.69) is 27.0 Å². The van der Waals surface area contributed by atoms with Crippen molar-refractivity contribution in [3.8, 4) is 0 Å². The monoisotopic (exact) mass is 419 g/mol. The molecule has 2 aromatic heterocycles. The van der Waals surface area contributed by atoms with E-state index in [0.29, 0.717) is 24.7 Å². The Hall–Kier alpha value is -2.10. The molecular weight excluding hydrogens is 390 g/mol. The van der Waals surface area contributed by atoms with Crippen LogP contribution in [-0.4, -0.2) is 73.8 Å². The molecule has 3 rings (SSSR count). The van der Waals surface area contributed by atoms with Crippen LogP contribution in [0.15, 0.2) is 27.8 Å². The lowest BCUT2D eigenvalue weighted by atomic mass is 10.3. The molecule has 1 amide bonds. The molecule has 29 heavy (non-hydrogen) atoms. The summed E-state index contributed by atoms with van der Waals surface area (Å²) in [4.78, 5) is 26.1. The molecule has 0 saturated carbocycles. The summed E-state index contributed by atoms with van der Waals surface area (Å²) in [6.07, 6.45) is 0. The fraction of sp³-hybridized carbons (Fsp3) is 0.550. The number of ether oxygens (including phenoxy) is 1. The smallest absolute Gasteiger partial charge is 0.287 e. The lowest BCUT2D eigenvalue weighted by Gasteiger charge is -2.34. The second kappa shape index (κ2) is 10.6. The highest BCUT2D eigenvalue weighted by Crippen LogP contribution is 2.24. The van der Waals surface area contributed by atoms with Gasteiger partial charge in [0, 0.05) is 51.6 Å². The number of rotatable bonds is 9. The van der Waals surface area contributed by atoms with Gasteiger partial charge >= 0.3 is 0 Å². The highest BCUT2D eigenvalue weighted by atomic mass is 32.2. The van der Waals surface area contributed by atoms with Crippen LogP contribution < -0.4 is 10.2 Å². The average Bonchev–Trinajstić information content (AvgIpc) is 3.21. The number of aromatic nitrogens is 2. The molecule has 0 unspecified atom stereocenters. The van der Waals surface area contributed by atoms with E-state index >= 15 is 0 Å². The molecule has 158 valence electrons. The van der Waals surface area contributed by atoms with Crippen LogP contribution in [0.5, 0.6) is 0 Å². The van der Waals surface area contributed by atoms with E-state index in [1.165, 1.54) is 11.8 Å². The van der Waals surface area contributed by atoms with Crippen LogP contribution in [0.3, 0.4) is 0 Å². The third-order valence-corrected chi connectivity index (χ3v) is 5.65. The maximum Gasteiger partial charge on any atom is 0.287 e. The van der Waals surface area contributed by atoms with Gasteiger partial charge in [0.1, 0.15) is 11.6 Å². The van der Waals surface area contributed by atoms with Crippen molar-refractivity contribution in [3.05, 3.63) is 35.4 Å². The van der Waals surface area contributed by atoms with Gasteiger partial charge in [-0.15, -0.1) is 0 Å². The summed E-state index contributed by atoms with van der Waals surface area (Å²) < 4.78 is 10.6. The molecular formula is C20H29N5O3S. The lowest BCUT2D eigenvalue weighted by Crippen LogP contribution is -2.46. The molecule has 1 aliphatic heterocycles. The van der Waals surface area contributed by atoms with E-state index in [1.807, 2.05) is 19.1 Å². The van der Waals surface area contributed by atoms with E-state index in [4.69, 9.17) is 14.1 Å². The van der Waals surface area contributed by atoms with Crippen molar-refractivity contribution in [1.82, 2.24) is 20.2 Å². The normalized spacial score (nSPS) is 14.9. The number of piperazine rings is 1. The summed E-state index contributed by atoms with van der Waals surface area (Å²) in [5, 5.41) is 3.47. The molecule has 2 aromatic rings. The van der Waals surface area contributed by atoms with Crippen LogP contribution in [0.2, 0.25) is 0 Å². The predicted molar refractivity (Wildman–Crippen MR) is 114 cm³/mol. The summed E-state index contributed by atoms with van der Waals surface area (Å²) in [7, 11) is 1.60. The Bertz CT molecular complexity index is 805. The van der Waals surface area contributed by atoms with Crippen LogP contribution in [0.1, 0.15) is 28.9 Å². The van der Waals surface area contributed by atoms with Crippen molar-refractivity contribution < 1.29 is 13.9 Å². The van der Waals surface area contributed by atoms with Crippen LogP contribution in [-0.2, 0) is 10.5 Å². The van der Waals surface area contributed by atoms with E-state index in [0.717, 1.165) is 55.2 Å². The fourth-order valence-corrected chi connectivity index (χ4v) is 3.91. The molecule has 0 spiro atoms. The van der Waals surface area contributed by atoms with Gasteiger partial charge in [-0.3, -0.25) is 4.79 Å². The van der Waals surface area contributed by atoms with Gasteiger partial charge in [0.25, 0.3) is 5.91 Å². The van der Waals surface area contributed by atoms with Crippen LogP contribution >= 0.6 is 11.8 Å². The maximum absolute atomic E-state index is 12.0. The zero-order valence-corrected chi connectivity index (χ0v) is 18.1. The van der Waals surface area contributed by atoms with Crippen molar-refractivity contribution in [2.45, 2.75) is 24.8 Å². The first kappa shape index (κ1) is 21.6. The summed E-state index contributed by atoms with van der Waals surface area (Å²) in [5.41, 5.74) is 0.952. The van der Waals surface area contributed by atoms with Crippen molar-refractivity contribution in [1.29, 1.82) is 0 Å². The van der Waals surface area contributed by atoms with Gasteiger partial charge in [0.15, 0.2) is 10.9 Å². The van der Waals surface area contributed by atoms with E-state index in [1.54, 1.807) is 13.2 Å². The van der Waals surface area contributed by atoms with Crippen molar-refractivity contribution in [3.63, 3.8) is 0 Å². The Morgan fingerprint density at radius 2 is 2.07 bits per heavy atom. The lowest BCUT2D eigenvalue weighted by molar-refractivity contribution is 0.0908. The first-order chi connectivity index (χ1) is 14.1. The van der Waals surface area contributed by atoms with Gasteiger partial charge in [0.05, 0.1) is 12.4 Å². The number of methoxy groups -OCH3 is 1. The SMILES string of the molecule is CCN1CCN(c2cc(C)nc(SCc3ccc(C(=O)NCCOC)o3)n2)CC1. The average molecular weight is 420 g/mol. The number of nitrogens with zero attached hydrogens (tertiary/aromatic N) is 4. The summed E-state index contributed by atoms with van der Waals surface area (Å²) in [6, 6.07) is 5.55. The van der Waals surface area contributed by atoms with Gasteiger partial charge < -0.3 is 24.3 Å². The standard InChI is InChI=1S/C20H29N5O3S/c1-4-24-8-10-25(11-9-24)18-13-15(2)22-20(23-18)29-14-16-5-6-17(28-16)19(26)21-7-12-27-3/h5-6,13H,4,7-12,14H2,1-3H3,(H,21,26). The maximum atomic E-state index is 12.0. The number of thioether (sulfide) groups is 1. The third kappa shape index (κ3) is 6.19. The Labute approximate surface area is 176 Å². The summed E-state index contributed by atoms with van der Waals surface area (Å²) in [5.74, 6) is 2.33. The van der Waals surface area contributed by atoms with Crippen molar-refractivity contribution in [2.24, 2.45) is 0 Å². The van der Waals surface area contributed by atoms with Crippen LogP contribution in [0.25, 0.3) is 0 Å². The largest absolute Gasteiger partial charge is 0.455 e. The molecule has 1 N–H and O–H groups in total. The quantitative estimate of drug-likeness (QED) is 0.376. The molecule has 0 bridgehead atoms. The Morgan fingerprint density at radius 1 is 1.28 bits per heavy atom. The van der Waals surface area contributed by atoms with Gasteiger partial charge in [-0.05, 0) is 25.6 Å². The second-order valence-electron chi connectivity index (χ2n) is 6.87. The predicted octanol–water partition coefficient (Wildman–Crippen LogP) is 2.19. The molecule has 0 aliphatic carbocycles. The molecule has 9 heteroatoms. The third-order valence-electron chi connectivity index (χ3n) is 4.78. The molecule has 0 aromatic carbocycles. The number of hydrogen-bond acceptors (Lipinski definition) is 8. The highest BCUT2D eigenvalue weighted by molar-refractivity contribution is 7.98. The zero-order chi connectivity index (χ0) is 20.6.